The fourth-order valence-electron chi connectivity index (χ4n) is 1.48. The SMILES string of the molecule is COC(=O)c1nccc(Nc2cc(F)ccc2C)n1. The monoisotopic (exact) mass is 261 g/mol. The number of hydrogen-bond donors (Lipinski definition) is 1. The van der Waals surface area contributed by atoms with Gasteiger partial charge >= 0.3 is 5.97 Å². The number of benzene rings is 1. The molecule has 0 amide bonds. The minimum Gasteiger partial charge on any atom is -0.463 e. The second-order valence-electron chi connectivity index (χ2n) is 3.84. The average molecular weight is 261 g/mol. The van der Waals surface area contributed by atoms with Crippen LogP contribution in [0.5, 0.6) is 0 Å². The molecule has 0 radical (unpaired) electrons. The minimum atomic E-state index is -0.625. The minimum absolute atomic E-state index is 0.0541. The van der Waals surface area contributed by atoms with Gasteiger partial charge in [0.15, 0.2) is 0 Å². The Morgan fingerprint density at radius 2 is 2.16 bits per heavy atom. The highest BCUT2D eigenvalue weighted by molar-refractivity contribution is 5.85. The van der Waals surface area contributed by atoms with Gasteiger partial charge in [-0.05, 0) is 30.7 Å². The molecule has 19 heavy (non-hydrogen) atoms. The second kappa shape index (κ2) is 5.43. The van der Waals surface area contributed by atoms with E-state index in [1.54, 1.807) is 12.1 Å². The summed E-state index contributed by atoms with van der Waals surface area (Å²) in [5.41, 5.74) is 1.44. The van der Waals surface area contributed by atoms with Gasteiger partial charge in [-0.3, -0.25) is 0 Å². The summed E-state index contributed by atoms with van der Waals surface area (Å²) in [6.45, 7) is 1.84. The van der Waals surface area contributed by atoms with Crippen molar-refractivity contribution < 1.29 is 13.9 Å². The lowest BCUT2D eigenvalue weighted by Gasteiger charge is -2.09. The zero-order valence-electron chi connectivity index (χ0n) is 10.5. The van der Waals surface area contributed by atoms with Crippen LogP contribution in [0.25, 0.3) is 0 Å². The van der Waals surface area contributed by atoms with Gasteiger partial charge in [0.25, 0.3) is 0 Å². The number of methoxy groups -OCH3 is 1. The van der Waals surface area contributed by atoms with Crippen molar-refractivity contribution in [1.29, 1.82) is 0 Å². The van der Waals surface area contributed by atoms with Gasteiger partial charge in [0, 0.05) is 11.9 Å². The molecule has 0 aliphatic carbocycles. The standard InChI is InChI=1S/C13H12FN3O2/c1-8-3-4-9(14)7-10(8)16-11-5-6-15-12(17-11)13(18)19-2/h3-7H,1-2H3,(H,15,16,17). The zero-order valence-corrected chi connectivity index (χ0v) is 10.5. The number of carbonyl (C=O) groups excluding carboxylic acids is 1. The van der Waals surface area contributed by atoms with E-state index in [-0.39, 0.29) is 11.6 Å². The zero-order chi connectivity index (χ0) is 13.8. The molecule has 2 aromatic rings. The summed E-state index contributed by atoms with van der Waals surface area (Å²) in [6.07, 6.45) is 1.43. The Balaban J connectivity index is 2.28. The number of aromatic nitrogens is 2. The van der Waals surface area contributed by atoms with Crippen molar-refractivity contribution in [2.24, 2.45) is 0 Å². The van der Waals surface area contributed by atoms with Crippen LogP contribution < -0.4 is 5.32 Å². The van der Waals surface area contributed by atoms with Gasteiger partial charge in [0.2, 0.25) is 5.82 Å². The highest BCUT2D eigenvalue weighted by Gasteiger charge is 2.10. The van der Waals surface area contributed by atoms with E-state index in [2.05, 4.69) is 20.0 Å². The summed E-state index contributed by atoms with van der Waals surface area (Å²) in [5.74, 6) is -0.638. The van der Waals surface area contributed by atoms with Crippen LogP contribution in [-0.2, 0) is 4.74 Å². The van der Waals surface area contributed by atoms with Crippen LogP contribution >= 0.6 is 0 Å². The topological polar surface area (TPSA) is 64.1 Å². The summed E-state index contributed by atoms with van der Waals surface area (Å²) >= 11 is 0. The van der Waals surface area contributed by atoms with Crippen LogP contribution in [0.3, 0.4) is 0 Å². The second-order valence-corrected chi connectivity index (χ2v) is 3.84. The van der Waals surface area contributed by atoms with Gasteiger partial charge < -0.3 is 10.1 Å². The molecule has 0 saturated carbocycles. The third-order valence-corrected chi connectivity index (χ3v) is 2.49. The smallest absolute Gasteiger partial charge is 0.376 e. The Kier molecular flexibility index (Phi) is 3.70. The predicted molar refractivity (Wildman–Crippen MR) is 67.8 cm³/mol. The normalized spacial score (nSPS) is 10.1. The van der Waals surface area contributed by atoms with Gasteiger partial charge in [0.1, 0.15) is 11.6 Å². The van der Waals surface area contributed by atoms with Gasteiger partial charge in [-0.1, -0.05) is 6.07 Å². The highest BCUT2D eigenvalue weighted by atomic mass is 19.1. The molecule has 0 bridgehead atoms. The largest absolute Gasteiger partial charge is 0.463 e. The first-order chi connectivity index (χ1) is 9.10. The third-order valence-electron chi connectivity index (χ3n) is 2.49. The molecular formula is C13H12FN3O2. The number of esters is 1. The van der Waals surface area contributed by atoms with Crippen LogP contribution in [0, 0.1) is 12.7 Å². The van der Waals surface area contributed by atoms with Crippen molar-refractivity contribution in [2.45, 2.75) is 6.92 Å². The highest BCUT2D eigenvalue weighted by Crippen LogP contribution is 2.20. The van der Waals surface area contributed by atoms with Crippen LogP contribution in [-0.4, -0.2) is 23.0 Å². The molecule has 1 aromatic heterocycles. The van der Waals surface area contributed by atoms with Crippen molar-refractivity contribution in [2.75, 3.05) is 12.4 Å². The molecule has 98 valence electrons. The number of aryl methyl sites for hydroxylation is 1. The lowest BCUT2D eigenvalue weighted by atomic mass is 10.2. The molecule has 2 rings (SSSR count). The molecule has 0 atom stereocenters. The Labute approximate surface area is 109 Å². The van der Waals surface area contributed by atoms with E-state index in [1.165, 1.54) is 25.4 Å². The van der Waals surface area contributed by atoms with Crippen molar-refractivity contribution in [3.05, 3.63) is 47.7 Å². The summed E-state index contributed by atoms with van der Waals surface area (Å²) in [6, 6.07) is 5.96. The molecule has 0 saturated heterocycles. The number of carbonyl (C=O) groups is 1. The van der Waals surface area contributed by atoms with Crippen LogP contribution in [0.4, 0.5) is 15.9 Å². The summed E-state index contributed by atoms with van der Waals surface area (Å²) in [4.78, 5) is 19.1. The number of rotatable bonds is 3. The van der Waals surface area contributed by atoms with Gasteiger partial charge in [-0.15, -0.1) is 0 Å². The van der Waals surface area contributed by atoms with Crippen LogP contribution in [0.2, 0.25) is 0 Å². The number of hydrogen-bond acceptors (Lipinski definition) is 5. The van der Waals surface area contributed by atoms with E-state index >= 15 is 0 Å². The average Bonchev–Trinajstić information content (AvgIpc) is 2.42. The van der Waals surface area contributed by atoms with E-state index < -0.39 is 5.97 Å². The molecule has 0 fully saturated rings. The van der Waals surface area contributed by atoms with Crippen molar-refractivity contribution in [1.82, 2.24) is 9.97 Å². The number of nitrogens with zero attached hydrogens (tertiary/aromatic N) is 2. The molecule has 1 aromatic carbocycles. The molecule has 6 heteroatoms. The van der Waals surface area contributed by atoms with E-state index in [0.717, 1.165) is 5.56 Å². The summed E-state index contributed by atoms with van der Waals surface area (Å²) < 4.78 is 17.7. The molecule has 0 aliphatic heterocycles. The van der Waals surface area contributed by atoms with E-state index in [0.29, 0.717) is 11.5 Å². The quantitative estimate of drug-likeness (QED) is 0.860. The van der Waals surface area contributed by atoms with E-state index in [1.807, 2.05) is 6.92 Å². The van der Waals surface area contributed by atoms with Gasteiger partial charge in [-0.2, -0.15) is 0 Å². The molecular weight excluding hydrogens is 249 g/mol. The van der Waals surface area contributed by atoms with Crippen LogP contribution in [0.15, 0.2) is 30.5 Å². The van der Waals surface area contributed by atoms with Crippen molar-refractivity contribution in [3.63, 3.8) is 0 Å². The Morgan fingerprint density at radius 1 is 1.37 bits per heavy atom. The van der Waals surface area contributed by atoms with Crippen LogP contribution in [0.1, 0.15) is 16.2 Å². The van der Waals surface area contributed by atoms with Crippen molar-refractivity contribution in [3.8, 4) is 0 Å². The first-order valence-electron chi connectivity index (χ1n) is 5.54. The van der Waals surface area contributed by atoms with E-state index in [4.69, 9.17) is 0 Å². The van der Waals surface area contributed by atoms with Crippen molar-refractivity contribution >= 4 is 17.5 Å². The number of ether oxygens (including phenoxy) is 1. The van der Waals surface area contributed by atoms with Gasteiger partial charge in [0.05, 0.1) is 7.11 Å². The maximum Gasteiger partial charge on any atom is 0.376 e. The first kappa shape index (κ1) is 12.9. The Hall–Kier alpha value is -2.50. The Bertz CT molecular complexity index is 617. The molecule has 0 unspecified atom stereocenters. The molecule has 5 nitrogen and oxygen atoms in total. The third kappa shape index (κ3) is 3.04. The fourth-order valence-corrected chi connectivity index (χ4v) is 1.48. The maximum atomic E-state index is 13.2. The fraction of sp³-hybridized carbons (Fsp3) is 0.154. The number of anilines is 2. The number of nitrogens with one attached hydrogen (secondary N) is 1. The predicted octanol–water partition coefficient (Wildman–Crippen LogP) is 2.45. The maximum absolute atomic E-state index is 13.2. The lowest BCUT2D eigenvalue weighted by molar-refractivity contribution is 0.0587. The summed E-state index contributed by atoms with van der Waals surface area (Å²) in [5, 5.41) is 2.93. The molecule has 0 spiro atoms. The number of halogens is 1. The first-order valence-corrected chi connectivity index (χ1v) is 5.54. The van der Waals surface area contributed by atoms with E-state index in [9.17, 15) is 9.18 Å². The molecule has 1 N–H and O–H groups in total. The lowest BCUT2D eigenvalue weighted by Crippen LogP contribution is -2.08. The molecule has 1 heterocycles. The van der Waals surface area contributed by atoms with Gasteiger partial charge in [-0.25, -0.2) is 19.2 Å². The Morgan fingerprint density at radius 3 is 2.89 bits per heavy atom. The summed E-state index contributed by atoms with van der Waals surface area (Å²) in [7, 11) is 1.25. The molecule has 0 aliphatic rings.